The smallest absolute Gasteiger partial charge is 0.0644 e. The van der Waals surface area contributed by atoms with Crippen LogP contribution < -0.4 is 5.32 Å². The zero-order valence-corrected chi connectivity index (χ0v) is 12.3. The number of thiophene rings is 1. The van der Waals surface area contributed by atoms with Crippen molar-refractivity contribution in [3.63, 3.8) is 0 Å². The van der Waals surface area contributed by atoms with Crippen molar-refractivity contribution in [3.05, 3.63) is 39.3 Å². The van der Waals surface area contributed by atoms with Crippen molar-refractivity contribution in [2.75, 3.05) is 6.54 Å². The maximum atomic E-state index is 4.47. The van der Waals surface area contributed by atoms with Gasteiger partial charge in [-0.1, -0.05) is 6.07 Å². The summed E-state index contributed by atoms with van der Waals surface area (Å²) >= 11 is 1.82. The Labute approximate surface area is 113 Å². The van der Waals surface area contributed by atoms with Crippen LogP contribution in [0.3, 0.4) is 0 Å². The van der Waals surface area contributed by atoms with Gasteiger partial charge in [-0.15, -0.1) is 11.3 Å². The highest BCUT2D eigenvalue weighted by atomic mass is 32.1. The quantitative estimate of drug-likeness (QED) is 0.898. The maximum absolute atomic E-state index is 4.47. The number of hydrogen-bond acceptors (Lipinski definition) is 3. The molecule has 0 saturated carbocycles. The third-order valence-corrected chi connectivity index (χ3v) is 4.34. The molecule has 0 aliphatic heterocycles. The van der Waals surface area contributed by atoms with E-state index in [1.54, 1.807) is 0 Å². The minimum Gasteiger partial charge on any atom is -0.310 e. The highest BCUT2D eigenvalue weighted by molar-refractivity contribution is 7.09. The second-order valence-electron chi connectivity index (χ2n) is 4.71. The van der Waals surface area contributed by atoms with Crippen molar-refractivity contribution in [1.29, 1.82) is 0 Å². The molecule has 1 unspecified atom stereocenters. The number of nitrogens with one attached hydrogen (secondary N) is 1. The van der Waals surface area contributed by atoms with Gasteiger partial charge in [-0.05, 0) is 38.6 Å². The van der Waals surface area contributed by atoms with Gasteiger partial charge in [-0.25, -0.2) is 0 Å². The summed E-state index contributed by atoms with van der Waals surface area (Å²) in [5.74, 6) is 0. The third kappa shape index (κ3) is 2.82. The lowest BCUT2D eigenvalue weighted by Gasteiger charge is -2.14. The van der Waals surface area contributed by atoms with Crippen LogP contribution in [0, 0.1) is 13.8 Å². The third-order valence-electron chi connectivity index (χ3n) is 3.40. The molecule has 3 nitrogen and oxygen atoms in total. The van der Waals surface area contributed by atoms with Crippen LogP contribution in [0.5, 0.6) is 0 Å². The van der Waals surface area contributed by atoms with Crippen molar-refractivity contribution in [1.82, 2.24) is 15.1 Å². The molecule has 2 aromatic heterocycles. The van der Waals surface area contributed by atoms with Crippen LogP contribution in [0.15, 0.2) is 17.5 Å². The van der Waals surface area contributed by atoms with E-state index in [1.165, 1.54) is 16.1 Å². The summed E-state index contributed by atoms with van der Waals surface area (Å²) in [7, 11) is 2.00. The summed E-state index contributed by atoms with van der Waals surface area (Å²) in [6, 6.07) is 4.66. The van der Waals surface area contributed by atoms with Crippen molar-refractivity contribution < 1.29 is 0 Å². The van der Waals surface area contributed by atoms with Gasteiger partial charge >= 0.3 is 0 Å². The van der Waals surface area contributed by atoms with Crippen molar-refractivity contribution in [2.45, 2.75) is 33.2 Å². The van der Waals surface area contributed by atoms with Gasteiger partial charge in [0.05, 0.1) is 5.69 Å². The number of aryl methyl sites for hydroxylation is 2. The first-order valence-electron chi connectivity index (χ1n) is 6.35. The van der Waals surface area contributed by atoms with Gasteiger partial charge in [-0.2, -0.15) is 5.10 Å². The Balaban J connectivity index is 1.93. The second kappa shape index (κ2) is 5.67. The Morgan fingerprint density at radius 1 is 1.44 bits per heavy atom. The predicted octanol–water partition coefficient (Wildman–Crippen LogP) is 2.99. The summed E-state index contributed by atoms with van der Waals surface area (Å²) in [5, 5.41) is 10.2. The topological polar surface area (TPSA) is 29.9 Å². The molecular formula is C14H21N3S. The van der Waals surface area contributed by atoms with Crippen molar-refractivity contribution >= 4 is 11.3 Å². The highest BCUT2D eigenvalue weighted by Gasteiger charge is 2.15. The highest BCUT2D eigenvalue weighted by Crippen LogP contribution is 2.20. The van der Waals surface area contributed by atoms with E-state index < -0.39 is 0 Å². The summed E-state index contributed by atoms with van der Waals surface area (Å²) in [5.41, 5.74) is 3.72. The SMILES string of the molecule is Cc1nn(C)c(C)c1C(C)NCCc1cccs1. The van der Waals surface area contributed by atoms with Gasteiger partial charge in [0.15, 0.2) is 0 Å². The molecule has 1 atom stereocenters. The van der Waals surface area contributed by atoms with Crippen LogP contribution in [0.25, 0.3) is 0 Å². The molecule has 0 fully saturated rings. The average Bonchev–Trinajstić information content (AvgIpc) is 2.89. The van der Waals surface area contributed by atoms with Crippen LogP contribution in [-0.4, -0.2) is 16.3 Å². The van der Waals surface area contributed by atoms with E-state index in [0.717, 1.165) is 18.7 Å². The Kier molecular flexibility index (Phi) is 4.19. The number of hydrogen-bond donors (Lipinski definition) is 1. The molecule has 0 saturated heterocycles. The Bertz CT molecular complexity index is 499. The normalized spacial score (nSPS) is 12.9. The molecule has 0 aliphatic carbocycles. The molecule has 0 amide bonds. The van der Waals surface area contributed by atoms with Crippen LogP contribution in [0.4, 0.5) is 0 Å². The van der Waals surface area contributed by atoms with Crippen LogP contribution >= 0.6 is 11.3 Å². The first-order valence-corrected chi connectivity index (χ1v) is 7.23. The first kappa shape index (κ1) is 13.3. The minimum atomic E-state index is 0.360. The van der Waals surface area contributed by atoms with E-state index in [2.05, 4.69) is 48.7 Å². The summed E-state index contributed by atoms with van der Waals surface area (Å²) in [6.07, 6.45) is 1.10. The maximum Gasteiger partial charge on any atom is 0.0644 e. The second-order valence-corrected chi connectivity index (χ2v) is 5.75. The Morgan fingerprint density at radius 3 is 2.78 bits per heavy atom. The molecule has 98 valence electrons. The van der Waals surface area contributed by atoms with Gasteiger partial charge in [-0.3, -0.25) is 4.68 Å². The van der Waals surface area contributed by atoms with E-state index >= 15 is 0 Å². The molecule has 0 spiro atoms. The fraction of sp³-hybridized carbons (Fsp3) is 0.500. The lowest BCUT2D eigenvalue weighted by Crippen LogP contribution is -2.22. The van der Waals surface area contributed by atoms with Gasteiger partial charge < -0.3 is 5.32 Å². The largest absolute Gasteiger partial charge is 0.310 e. The molecule has 1 N–H and O–H groups in total. The lowest BCUT2D eigenvalue weighted by atomic mass is 10.1. The molecule has 18 heavy (non-hydrogen) atoms. The van der Waals surface area contributed by atoms with E-state index in [4.69, 9.17) is 0 Å². The van der Waals surface area contributed by atoms with Crippen LogP contribution in [0.1, 0.15) is 34.8 Å². The van der Waals surface area contributed by atoms with Gasteiger partial charge in [0.2, 0.25) is 0 Å². The van der Waals surface area contributed by atoms with Gasteiger partial charge in [0, 0.05) is 35.8 Å². The fourth-order valence-corrected chi connectivity index (χ4v) is 3.09. The van der Waals surface area contributed by atoms with Crippen LogP contribution in [-0.2, 0) is 13.5 Å². The number of rotatable bonds is 5. The molecule has 0 aromatic carbocycles. The molecule has 0 bridgehead atoms. The molecule has 0 aliphatic rings. The number of aromatic nitrogens is 2. The fourth-order valence-electron chi connectivity index (χ4n) is 2.39. The zero-order chi connectivity index (χ0) is 13.1. The average molecular weight is 263 g/mol. The molecule has 2 heterocycles. The lowest BCUT2D eigenvalue weighted by molar-refractivity contribution is 0.572. The van der Waals surface area contributed by atoms with E-state index in [0.29, 0.717) is 6.04 Å². The molecule has 2 aromatic rings. The van der Waals surface area contributed by atoms with Crippen molar-refractivity contribution in [3.8, 4) is 0 Å². The molecule has 0 radical (unpaired) electrons. The van der Waals surface area contributed by atoms with Crippen LogP contribution in [0.2, 0.25) is 0 Å². The van der Waals surface area contributed by atoms with Gasteiger partial charge in [0.1, 0.15) is 0 Å². The van der Waals surface area contributed by atoms with Gasteiger partial charge in [0.25, 0.3) is 0 Å². The zero-order valence-electron chi connectivity index (χ0n) is 11.5. The standard InChI is InChI=1S/C14H21N3S/c1-10(14-11(2)16-17(4)12(14)3)15-8-7-13-6-5-9-18-13/h5-6,9-10,15H,7-8H2,1-4H3. The Hall–Kier alpha value is -1.13. The summed E-state index contributed by atoms with van der Waals surface area (Å²) < 4.78 is 1.96. The molecule has 4 heteroatoms. The van der Waals surface area contributed by atoms with E-state index in [-0.39, 0.29) is 0 Å². The minimum absolute atomic E-state index is 0.360. The molecule has 2 rings (SSSR count). The Morgan fingerprint density at radius 2 is 2.22 bits per heavy atom. The van der Waals surface area contributed by atoms with Crippen molar-refractivity contribution in [2.24, 2.45) is 7.05 Å². The summed E-state index contributed by atoms with van der Waals surface area (Å²) in [4.78, 5) is 1.44. The molecular weight excluding hydrogens is 242 g/mol. The first-order chi connectivity index (χ1) is 8.59. The van der Waals surface area contributed by atoms with E-state index in [1.807, 2.05) is 23.1 Å². The predicted molar refractivity (Wildman–Crippen MR) is 77.1 cm³/mol. The van der Waals surface area contributed by atoms with E-state index in [9.17, 15) is 0 Å². The number of nitrogens with zero attached hydrogens (tertiary/aromatic N) is 2. The summed E-state index contributed by atoms with van der Waals surface area (Å²) in [6.45, 7) is 7.44. The monoisotopic (exact) mass is 263 g/mol.